The molecule has 0 spiro atoms. The number of amides is 2. The molecule has 0 unspecified atom stereocenters. The molecule has 1 heterocycles. The molecule has 1 saturated heterocycles. The monoisotopic (exact) mass is 419 g/mol. The van der Waals surface area contributed by atoms with Gasteiger partial charge in [-0.15, -0.1) is 0 Å². The molecule has 0 bridgehead atoms. The first kappa shape index (κ1) is 21.3. The minimum Gasteiger partial charge on any atom is -0.334 e. The zero-order chi connectivity index (χ0) is 20.9. The number of hydrogen-bond donors (Lipinski definition) is 2. The maximum absolute atomic E-state index is 13.0. The van der Waals surface area contributed by atoms with Crippen LogP contribution >= 0.6 is 0 Å². The van der Waals surface area contributed by atoms with Crippen molar-refractivity contribution in [2.45, 2.75) is 43.7 Å². The maximum Gasteiger partial charge on any atom is 0.315 e. The van der Waals surface area contributed by atoms with Crippen molar-refractivity contribution in [3.05, 3.63) is 65.5 Å². The van der Waals surface area contributed by atoms with E-state index in [4.69, 9.17) is 0 Å². The summed E-state index contributed by atoms with van der Waals surface area (Å²) in [4.78, 5) is 12.4. The Balaban J connectivity index is 1.53. The van der Waals surface area contributed by atoms with Gasteiger partial charge in [-0.3, -0.25) is 0 Å². The minimum absolute atomic E-state index is 0.270. The Morgan fingerprint density at radius 2 is 1.66 bits per heavy atom. The fourth-order valence-corrected chi connectivity index (χ4v) is 4.82. The van der Waals surface area contributed by atoms with Crippen LogP contribution < -0.4 is 10.6 Å². The third-order valence-corrected chi connectivity index (χ3v) is 6.96. The van der Waals surface area contributed by atoms with Gasteiger partial charge in [0, 0.05) is 19.6 Å². The topological polar surface area (TPSA) is 78.5 Å². The molecule has 2 amide bonds. The molecule has 1 aliphatic heterocycles. The van der Waals surface area contributed by atoms with Crippen molar-refractivity contribution in [3.8, 4) is 0 Å². The number of carbonyl (C=O) groups is 1. The molecular weight excluding hydrogens is 393 g/mol. The summed E-state index contributed by atoms with van der Waals surface area (Å²) in [7, 11) is -3.45. The first-order valence-corrected chi connectivity index (χ1v) is 11.2. The molecule has 29 heavy (non-hydrogen) atoms. The second kappa shape index (κ2) is 9.37. The van der Waals surface area contributed by atoms with E-state index in [1.807, 2.05) is 6.92 Å². The zero-order valence-corrected chi connectivity index (χ0v) is 17.2. The second-order valence-corrected chi connectivity index (χ2v) is 9.15. The summed E-state index contributed by atoms with van der Waals surface area (Å²) in [6.07, 6.45) is 2.86. The van der Waals surface area contributed by atoms with Crippen LogP contribution in [0.1, 0.15) is 43.4 Å². The largest absolute Gasteiger partial charge is 0.334 e. The summed E-state index contributed by atoms with van der Waals surface area (Å²) < 4.78 is 39.9. The summed E-state index contributed by atoms with van der Waals surface area (Å²) in [6, 6.07) is 11.9. The quantitative estimate of drug-likeness (QED) is 0.751. The van der Waals surface area contributed by atoms with Crippen LogP contribution in [0.4, 0.5) is 9.18 Å². The van der Waals surface area contributed by atoms with E-state index in [0.717, 1.165) is 30.4 Å². The van der Waals surface area contributed by atoms with Gasteiger partial charge in [0.25, 0.3) is 0 Å². The van der Waals surface area contributed by atoms with Crippen molar-refractivity contribution in [2.24, 2.45) is 0 Å². The van der Waals surface area contributed by atoms with Gasteiger partial charge in [0.1, 0.15) is 5.82 Å². The zero-order valence-electron chi connectivity index (χ0n) is 16.4. The number of carbonyl (C=O) groups excluding carboxylic acids is 1. The maximum atomic E-state index is 13.0. The van der Waals surface area contributed by atoms with Crippen LogP contribution in [0.5, 0.6) is 0 Å². The van der Waals surface area contributed by atoms with Crippen LogP contribution in [0.2, 0.25) is 0 Å². The van der Waals surface area contributed by atoms with Gasteiger partial charge >= 0.3 is 6.03 Å². The highest BCUT2D eigenvalue weighted by molar-refractivity contribution is 7.89. The molecule has 0 radical (unpaired) electrons. The number of hydrogen-bond acceptors (Lipinski definition) is 3. The van der Waals surface area contributed by atoms with E-state index in [9.17, 15) is 17.6 Å². The fourth-order valence-electron chi connectivity index (χ4n) is 3.30. The van der Waals surface area contributed by atoms with E-state index in [1.165, 1.54) is 16.4 Å². The molecule has 156 valence electrons. The van der Waals surface area contributed by atoms with Crippen LogP contribution in [0, 0.1) is 5.82 Å². The molecule has 1 atom stereocenters. The summed E-state index contributed by atoms with van der Waals surface area (Å²) in [5.74, 6) is -0.323. The Kier molecular flexibility index (Phi) is 6.87. The Morgan fingerprint density at radius 1 is 1.03 bits per heavy atom. The summed E-state index contributed by atoms with van der Waals surface area (Å²) in [5, 5.41) is 5.54. The van der Waals surface area contributed by atoms with Crippen LogP contribution in [0.25, 0.3) is 0 Å². The predicted molar refractivity (Wildman–Crippen MR) is 109 cm³/mol. The number of halogens is 1. The van der Waals surface area contributed by atoms with E-state index in [-0.39, 0.29) is 29.3 Å². The molecule has 0 aromatic heterocycles. The standard InChI is InChI=1S/C21H26FN3O3S/c1-16(18-7-9-19(22)10-8-18)24-21(26)23-15-17-5-11-20(12-6-17)29(27,28)25-13-3-2-4-14-25/h5-12,16H,2-4,13-15H2,1H3,(H2,23,24,26)/t16-/m1/s1. The second-order valence-electron chi connectivity index (χ2n) is 7.21. The molecule has 6 nitrogen and oxygen atoms in total. The lowest BCUT2D eigenvalue weighted by Crippen LogP contribution is -2.36. The third kappa shape index (κ3) is 5.55. The number of nitrogens with zero attached hydrogens (tertiary/aromatic N) is 1. The first-order chi connectivity index (χ1) is 13.9. The average Bonchev–Trinajstić information content (AvgIpc) is 2.73. The van der Waals surface area contributed by atoms with Crippen LogP contribution in [0.15, 0.2) is 53.4 Å². The molecule has 3 rings (SSSR count). The molecule has 2 aromatic carbocycles. The Hall–Kier alpha value is -2.45. The van der Waals surface area contributed by atoms with Crippen molar-refractivity contribution in [1.29, 1.82) is 0 Å². The molecule has 2 aromatic rings. The predicted octanol–water partition coefficient (Wildman–Crippen LogP) is 3.56. The Morgan fingerprint density at radius 3 is 2.28 bits per heavy atom. The number of piperidine rings is 1. The number of urea groups is 1. The van der Waals surface area contributed by atoms with Gasteiger partial charge in [0.05, 0.1) is 10.9 Å². The number of rotatable bonds is 6. The lowest BCUT2D eigenvalue weighted by Gasteiger charge is -2.25. The fraction of sp³-hybridized carbons (Fsp3) is 0.381. The summed E-state index contributed by atoms with van der Waals surface area (Å²) in [5.41, 5.74) is 1.60. The highest BCUT2D eigenvalue weighted by Crippen LogP contribution is 2.21. The van der Waals surface area contributed by atoms with Crippen LogP contribution in [-0.2, 0) is 16.6 Å². The van der Waals surface area contributed by atoms with E-state index in [0.29, 0.717) is 13.1 Å². The van der Waals surface area contributed by atoms with Gasteiger partial charge in [-0.2, -0.15) is 4.31 Å². The van der Waals surface area contributed by atoms with E-state index in [2.05, 4.69) is 10.6 Å². The minimum atomic E-state index is -3.45. The highest BCUT2D eigenvalue weighted by atomic mass is 32.2. The van der Waals surface area contributed by atoms with Gasteiger partial charge in [0.15, 0.2) is 0 Å². The number of sulfonamides is 1. The van der Waals surface area contributed by atoms with Gasteiger partial charge in [-0.25, -0.2) is 17.6 Å². The molecule has 8 heteroatoms. The van der Waals surface area contributed by atoms with Crippen LogP contribution in [0.3, 0.4) is 0 Å². The molecule has 2 N–H and O–H groups in total. The van der Waals surface area contributed by atoms with E-state index in [1.54, 1.807) is 36.4 Å². The Labute approximate surface area is 171 Å². The van der Waals surface area contributed by atoms with Crippen molar-refractivity contribution in [1.82, 2.24) is 14.9 Å². The SMILES string of the molecule is C[C@@H](NC(=O)NCc1ccc(S(=O)(=O)N2CCCCC2)cc1)c1ccc(F)cc1. The normalized spacial score (nSPS) is 16.2. The highest BCUT2D eigenvalue weighted by Gasteiger charge is 2.25. The number of nitrogens with one attached hydrogen (secondary N) is 2. The number of benzene rings is 2. The van der Waals surface area contributed by atoms with E-state index < -0.39 is 10.0 Å². The molecule has 1 fully saturated rings. The van der Waals surface area contributed by atoms with Crippen molar-refractivity contribution in [3.63, 3.8) is 0 Å². The Bertz CT molecular complexity index is 925. The lowest BCUT2D eigenvalue weighted by molar-refractivity contribution is 0.237. The first-order valence-electron chi connectivity index (χ1n) is 9.75. The van der Waals surface area contributed by atoms with Crippen molar-refractivity contribution in [2.75, 3.05) is 13.1 Å². The van der Waals surface area contributed by atoms with Gasteiger partial charge in [-0.05, 0) is 55.2 Å². The lowest BCUT2D eigenvalue weighted by atomic mass is 10.1. The van der Waals surface area contributed by atoms with Crippen molar-refractivity contribution >= 4 is 16.1 Å². The third-order valence-electron chi connectivity index (χ3n) is 5.05. The smallest absolute Gasteiger partial charge is 0.315 e. The molecule has 1 aliphatic rings. The van der Waals surface area contributed by atoms with Crippen molar-refractivity contribution < 1.29 is 17.6 Å². The van der Waals surface area contributed by atoms with E-state index >= 15 is 0 Å². The van der Waals surface area contributed by atoms with Gasteiger partial charge in [0.2, 0.25) is 10.0 Å². The van der Waals surface area contributed by atoms with Gasteiger partial charge in [-0.1, -0.05) is 30.7 Å². The van der Waals surface area contributed by atoms with Crippen LogP contribution in [-0.4, -0.2) is 31.8 Å². The molecule has 0 saturated carbocycles. The summed E-state index contributed by atoms with van der Waals surface area (Å²) in [6.45, 7) is 3.22. The molecule has 0 aliphatic carbocycles. The van der Waals surface area contributed by atoms with Gasteiger partial charge < -0.3 is 10.6 Å². The molecular formula is C21H26FN3O3S. The average molecular weight is 420 g/mol. The summed E-state index contributed by atoms with van der Waals surface area (Å²) >= 11 is 0.